The second-order valence-corrected chi connectivity index (χ2v) is 6.81. The van der Waals surface area contributed by atoms with E-state index in [1.165, 1.54) is 44.5 Å². The van der Waals surface area contributed by atoms with Crippen molar-refractivity contribution in [1.29, 1.82) is 0 Å². The minimum Gasteiger partial charge on any atom is -0.496 e. The highest BCUT2D eigenvalue weighted by Crippen LogP contribution is 2.18. The Bertz CT molecular complexity index is 876. The van der Waals surface area contributed by atoms with E-state index in [4.69, 9.17) is 4.74 Å². The molecule has 0 spiro atoms. The average Bonchev–Trinajstić information content (AvgIpc) is 2.61. The second kappa shape index (κ2) is 7.80. The van der Waals surface area contributed by atoms with Gasteiger partial charge in [-0.25, -0.2) is 13.1 Å². The zero-order chi connectivity index (χ0) is 18.4. The van der Waals surface area contributed by atoms with Crippen LogP contribution in [0.1, 0.15) is 15.9 Å². The minimum absolute atomic E-state index is 0.0728. The first-order valence-corrected chi connectivity index (χ1v) is 8.85. The van der Waals surface area contributed by atoms with Crippen molar-refractivity contribution in [2.24, 2.45) is 0 Å². The van der Waals surface area contributed by atoms with Crippen molar-refractivity contribution in [1.82, 2.24) is 10.0 Å². The summed E-state index contributed by atoms with van der Waals surface area (Å²) in [5, 5.41) is 2.49. The molecule has 2 amide bonds. The van der Waals surface area contributed by atoms with Crippen LogP contribution in [0.25, 0.3) is 0 Å². The SMILES string of the molecule is CNC(=O)Cc1ccc(S(=O)(=O)NC(=O)c2ccccc2OC)cc1. The van der Waals surface area contributed by atoms with Gasteiger partial charge in [-0.3, -0.25) is 9.59 Å². The van der Waals surface area contributed by atoms with E-state index in [2.05, 4.69) is 5.32 Å². The Balaban J connectivity index is 2.18. The predicted molar refractivity (Wildman–Crippen MR) is 91.9 cm³/mol. The van der Waals surface area contributed by atoms with Crippen LogP contribution in [0.3, 0.4) is 0 Å². The molecule has 0 saturated carbocycles. The number of carbonyl (C=O) groups is 2. The maximum atomic E-state index is 12.4. The number of likely N-dealkylation sites (N-methyl/N-ethyl adjacent to an activating group) is 1. The summed E-state index contributed by atoms with van der Waals surface area (Å²) in [5.41, 5.74) is 0.777. The monoisotopic (exact) mass is 362 g/mol. The molecular weight excluding hydrogens is 344 g/mol. The molecule has 0 atom stereocenters. The van der Waals surface area contributed by atoms with E-state index in [0.717, 1.165) is 0 Å². The molecule has 0 aliphatic carbocycles. The molecule has 7 nitrogen and oxygen atoms in total. The Morgan fingerprint density at radius 3 is 2.28 bits per heavy atom. The molecule has 0 aliphatic rings. The van der Waals surface area contributed by atoms with Gasteiger partial charge in [0.05, 0.1) is 24.0 Å². The number of para-hydroxylation sites is 1. The summed E-state index contributed by atoms with van der Waals surface area (Å²) in [6.07, 6.45) is 0.143. The largest absolute Gasteiger partial charge is 0.496 e. The van der Waals surface area contributed by atoms with Crippen LogP contribution in [-0.2, 0) is 21.2 Å². The number of methoxy groups -OCH3 is 1. The molecule has 2 N–H and O–H groups in total. The van der Waals surface area contributed by atoms with E-state index >= 15 is 0 Å². The molecule has 0 fully saturated rings. The Labute approximate surface area is 146 Å². The van der Waals surface area contributed by atoms with Crippen LogP contribution in [-0.4, -0.2) is 34.4 Å². The molecule has 0 heterocycles. The maximum absolute atomic E-state index is 12.4. The van der Waals surface area contributed by atoms with Crippen molar-refractivity contribution < 1.29 is 22.7 Å². The summed E-state index contributed by atoms with van der Waals surface area (Å²) < 4.78 is 31.8. The molecule has 132 valence electrons. The lowest BCUT2D eigenvalue weighted by Crippen LogP contribution is -2.30. The molecule has 0 aliphatic heterocycles. The first kappa shape index (κ1) is 18.5. The van der Waals surface area contributed by atoms with E-state index in [1.54, 1.807) is 18.2 Å². The van der Waals surface area contributed by atoms with Gasteiger partial charge in [0.15, 0.2) is 0 Å². The van der Waals surface area contributed by atoms with Gasteiger partial charge in [-0.05, 0) is 29.8 Å². The number of nitrogens with one attached hydrogen (secondary N) is 2. The molecule has 0 saturated heterocycles. The molecule has 2 rings (SSSR count). The van der Waals surface area contributed by atoms with Crippen molar-refractivity contribution in [2.45, 2.75) is 11.3 Å². The summed E-state index contributed by atoms with van der Waals surface area (Å²) in [6.45, 7) is 0. The number of hydrogen-bond acceptors (Lipinski definition) is 5. The van der Waals surface area contributed by atoms with Gasteiger partial charge in [0.1, 0.15) is 5.75 Å². The Kier molecular flexibility index (Phi) is 5.76. The third-order valence-electron chi connectivity index (χ3n) is 3.46. The standard InChI is InChI=1S/C17H18N2O5S/c1-18-16(20)11-12-7-9-13(10-8-12)25(22,23)19-17(21)14-5-3-4-6-15(14)24-2/h3-10H,11H2,1-2H3,(H,18,20)(H,19,21). The summed E-state index contributed by atoms with van der Waals surface area (Å²) in [5.74, 6) is -0.692. The van der Waals surface area contributed by atoms with Crippen molar-refractivity contribution >= 4 is 21.8 Å². The van der Waals surface area contributed by atoms with E-state index in [-0.39, 0.29) is 28.5 Å². The lowest BCUT2D eigenvalue weighted by Gasteiger charge is -2.10. The summed E-state index contributed by atoms with van der Waals surface area (Å²) >= 11 is 0. The van der Waals surface area contributed by atoms with E-state index < -0.39 is 15.9 Å². The highest BCUT2D eigenvalue weighted by molar-refractivity contribution is 7.90. The average molecular weight is 362 g/mol. The third kappa shape index (κ3) is 4.57. The summed E-state index contributed by atoms with van der Waals surface area (Å²) in [7, 11) is -1.12. The van der Waals surface area contributed by atoms with E-state index in [1.807, 2.05) is 4.72 Å². The number of amides is 2. The van der Waals surface area contributed by atoms with Crippen LogP contribution < -0.4 is 14.8 Å². The number of carbonyl (C=O) groups excluding carboxylic acids is 2. The van der Waals surface area contributed by atoms with Crippen LogP contribution >= 0.6 is 0 Å². The van der Waals surface area contributed by atoms with E-state index in [9.17, 15) is 18.0 Å². The fourth-order valence-corrected chi connectivity index (χ4v) is 3.09. The van der Waals surface area contributed by atoms with Gasteiger partial charge in [-0.2, -0.15) is 0 Å². The van der Waals surface area contributed by atoms with Gasteiger partial charge in [0.2, 0.25) is 5.91 Å². The summed E-state index contributed by atoms with van der Waals surface area (Å²) in [4.78, 5) is 23.5. The zero-order valence-corrected chi connectivity index (χ0v) is 14.6. The van der Waals surface area contributed by atoms with Crippen LogP contribution in [0, 0.1) is 0 Å². The van der Waals surface area contributed by atoms with Crippen LogP contribution in [0.2, 0.25) is 0 Å². The number of benzene rings is 2. The minimum atomic E-state index is -4.04. The topological polar surface area (TPSA) is 102 Å². The van der Waals surface area contributed by atoms with Crippen molar-refractivity contribution in [2.75, 3.05) is 14.2 Å². The first-order chi connectivity index (χ1) is 11.9. The number of hydrogen-bond donors (Lipinski definition) is 2. The first-order valence-electron chi connectivity index (χ1n) is 7.37. The fourth-order valence-electron chi connectivity index (χ4n) is 2.13. The molecule has 2 aromatic carbocycles. The molecule has 0 radical (unpaired) electrons. The second-order valence-electron chi connectivity index (χ2n) is 5.13. The van der Waals surface area contributed by atoms with Crippen molar-refractivity contribution in [3.63, 3.8) is 0 Å². The van der Waals surface area contributed by atoms with Gasteiger partial charge in [0.25, 0.3) is 15.9 Å². The predicted octanol–water partition coefficient (Wildman–Crippen LogP) is 1.10. The van der Waals surface area contributed by atoms with Gasteiger partial charge in [-0.15, -0.1) is 0 Å². The number of rotatable bonds is 6. The van der Waals surface area contributed by atoms with Gasteiger partial charge in [-0.1, -0.05) is 24.3 Å². The van der Waals surface area contributed by atoms with Gasteiger partial charge < -0.3 is 10.1 Å². The van der Waals surface area contributed by atoms with Crippen LogP contribution in [0.5, 0.6) is 5.75 Å². The van der Waals surface area contributed by atoms with Crippen LogP contribution in [0.15, 0.2) is 53.4 Å². The molecule has 2 aromatic rings. The Morgan fingerprint density at radius 2 is 1.68 bits per heavy atom. The zero-order valence-electron chi connectivity index (χ0n) is 13.8. The van der Waals surface area contributed by atoms with E-state index in [0.29, 0.717) is 5.56 Å². The van der Waals surface area contributed by atoms with Crippen molar-refractivity contribution in [3.05, 3.63) is 59.7 Å². The molecule has 25 heavy (non-hydrogen) atoms. The quantitative estimate of drug-likeness (QED) is 0.801. The summed E-state index contributed by atoms with van der Waals surface area (Å²) in [6, 6.07) is 12.1. The molecule has 0 bridgehead atoms. The molecule has 0 aromatic heterocycles. The highest BCUT2D eigenvalue weighted by Gasteiger charge is 2.21. The lowest BCUT2D eigenvalue weighted by atomic mass is 10.1. The van der Waals surface area contributed by atoms with Crippen LogP contribution in [0.4, 0.5) is 0 Å². The Hall–Kier alpha value is -2.87. The molecular formula is C17H18N2O5S. The number of ether oxygens (including phenoxy) is 1. The molecule has 8 heteroatoms. The van der Waals surface area contributed by atoms with Gasteiger partial charge in [0, 0.05) is 7.05 Å². The lowest BCUT2D eigenvalue weighted by molar-refractivity contribution is -0.119. The molecule has 0 unspecified atom stereocenters. The number of sulfonamides is 1. The Morgan fingerprint density at radius 1 is 1.04 bits per heavy atom. The van der Waals surface area contributed by atoms with Gasteiger partial charge >= 0.3 is 0 Å². The normalized spacial score (nSPS) is 10.8. The smallest absolute Gasteiger partial charge is 0.268 e. The third-order valence-corrected chi connectivity index (χ3v) is 4.80. The van der Waals surface area contributed by atoms with Crippen molar-refractivity contribution in [3.8, 4) is 5.75 Å². The fraction of sp³-hybridized carbons (Fsp3) is 0.176. The highest BCUT2D eigenvalue weighted by atomic mass is 32.2. The maximum Gasteiger partial charge on any atom is 0.268 e.